The number of hydrogen-bond donors (Lipinski definition) is 1. The minimum atomic E-state index is -0.401. The highest BCUT2D eigenvalue weighted by molar-refractivity contribution is 5.68. The van der Waals surface area contributed by atoms with E-state index in [1.807, 2.05) is 20.8 Å². The van der Waals surface area contributed by atoms with E-state index in [1.54, 1.807) is 0 Å². The maximum atomic E-state index is 11.6. The molecule has 0 aromatic carbocycles. The Kier molecular flexibility index (Phi) is 4.63. The van der Waals surface area contributed by atoms with Gasteiger partial charge in [-0.15, -0.1) is 0 Å². The van der Waals surface area contributed by atoms with E-state index in [0.717, 1.165) is 18.8 Å². The highest BCUT2D eigenvalue weighted by Gasteiger charge is 2.21. The van der Waals surface area contributed by atoms with E-state index in [0.29, 0.717) is 6.04 Å². The van der Waals surface area contributed by atoms with Crippen molar-refractivity contribution in [1.82, 2.24) is 5.32 Å². The molecule has 0 radical (unpaired) electrons. The van der Waals surface area contributed by atoms with Crippen molar-refractivity contribution >= 4 is 6.09 Å². The summed E-state index contributed by atoms with van der Waals surface area (Å²) in [6.45, 7) is 7.96. The predicted octanol–water partition coefficient (Wildman–Crippen LogP) is 3.48. The topological polar surface area (TPSA) is 38.3 Å². The summed E-state index contributed by atoms with van der Waals surface area (Å²) >= 11 is 0. The molecule has 1 aliphatic rings. The van der Waals surface area contributed by atoms with Crippen molar-refractivity contribution in [2.45, 2.75) is 71.4 Å². The quantitative estimate of drug-likeness (QED) is 0.696. The third kappa shape index (κ3) is 5.38. The van der Waals surface area contributed by atoms with E-state index in [-0.39, 0.29) is 6.09 Å². The van der Waals surface area contributed by atoms with Crippen LogP contribution in [0.4, 0.5) is 4.79 Å². The van der Waals surface area contributed by atoms with Crippen LogP contribution in [0.5, 0.6) is 0 Å². The zero-order valence-corrected chi connectivity index (χ0v) is 11.0. The van der Waals surface area contributed by atoms with E-state index in [2.05, 4.69) is 12.2 Å². The van der Waals surface area contributed by atoms with Crippen LogP contribution in [0.15, 0.2) is 0 Å². The number of rotatable bonds is 1. The second-order valence-electron chi connectivity index (χ2n) is 5.96. The van der Waals surface area contributed by atoms with Gasteiger partial charge in [-0.3, -0.25) is 0 Å². The summed E-state index contributed by atoms with van der Waals surface area (Å²) in [7, 11) is 0. The lowest BCUT2D eigenvalue weighted by Gasteiger charge is -2.23. The summed E-state index contributed by atoms with van der Waals surface area (Å²) in [5, 5.41) is 2.97. The van der Waals surface area contributed by atoms with Gasteiger partial charge in [0, 0.05) is 6.04 Å². The van der Waals surface area contributed by atoms with Crippen LogP contribution in [-0.4, -0.2) is 17.7 Å². The smallest absolute Gasteiger partial charge is 0.407 e. The van der Waals surface area contributed by atoms with Crippen LogP contribution in [0.3, 0.4) is 0 Å². The molecule has 2 unspecified atom stereocenters. The Morgan fingerprint density at radius 2 is 1.88 bits per heavy atom. The standard InChI is InChI=1S/C13H25NO2/c1-10-6-5-7-11(9-8-10)14-12(15)16-13(2,3)4/h10-11H,5-9H2,1-4H3,(H,14,15). The molecule has 0 aromatic rings. The van der Waals surface area contributed by atoms with Crippen LogP contribution < -0.4 is 5.32 Å². The lowest BCUT2D eigenvalue weighted by molar-refractivity contribution is 0.0499. The summed E-state index contributed by atoms with van der Waals surface area (Å²) < 4.78 is 5.26. The number of alkyl carbamates (subject to hydrolysis) is 1. The van der Waals surface area contributed by atoms with Gasteiger partial charge in [-0.05, 0) is 46.0 Å². The van der Waals surface area contributed by atoms with E-state index in [1.165, 1.54) is 19.3 Å². The number of ether oxygens (including phenoxy) is 1. The van der Waals surface area contributed by atoms with Crippen molar-refractivity contribution in [2.75, 3.05) is 0 Å². The van der Waals surface area contributed by atoms with Crippen LogP contribution in [0.2, 0.25) is 0 Å². The van der Waals surface area contributed by atoms with Crippen molar-refractivity contribution in [3.63, 3.8) is 0 Å². The van der Waals surface area contributed by atoms with E-state index in [9.17, 15) is 4.79 Å². The lowest BCUT2D eigenvalue weighted by Crippen LogP contribution is -2.38. The SMILES string of the molecule is CC1CCCC(NC(=O)OC(C)(C)C)CC1. The largest absolute Gasteiger partial charge is 0.444 e. The minimum Gasteiger partial charge on any atom is -0.444 e. The molecule has 0 spiro atoms. The van der Waals surface area contributed by atoms with Crippen LogP contribution >= 0.6 is 0 Å². The maximum Gasteiger partial charge on any atom is 0.407 e. The Morgan fingerprint density at radius 3 is 2.50 bits per heavy atom. The Morgan fingerprint density at radius 1 is 1.19 bits per heavy atom. The monoisotopic (exact) mass is 227 g/mol. The fourth-order valence-electron chi connectivity index (χ4n) is 2.11. The first kappa shape index (κ1) is 13.3. The fraction of sp³-hybridized carbons (Fsp3) is 0.923. The molecule has 16 heavy (non-hydrogen) atoms. The first-order valence-electron chi connectivity index (χ1n) is 6.36. The van der Waals surface area contributed by atoms with E-state index < -0.39 is 5.60 Å². The van der Waals surface area contributed by atoms with Gasteiger partial charge in [0.15, 0.2) is 0 Å². The summed E-state index contributed by atoms with van der Waals surface area (Å²) in [5.74, 6) is 0.797. The van der Waals surface area contributed by atoms with Crippen LogP contribution in [0.25, 0.3) is 0 Å². The maximum absolute atomic E-state index is 11.6. The molecule has 3 heteroatoms. The lowest BCUT2D eigenvalue weighted by atomic mass is 10.0. The first-order valence-corrected chi connectivity index (χ1v) is 6.36. The predicted molar refractivity (Wildman–Crippen MR) is 65.4 cm³/mol. The molecule has 1 aliphatic carbocycles. The molecule has 0 bridgehead atoms. The molecule has 0 aliphatic heterocycles. The van der Waals surface area contributed by atoms with Gasteiger partial charge in [-0.1, -0.05) is 19.8 Å². The third-order valence-electron chi connectivity index (χ3n) is 2.98. The van der Waals surface area contributed by atoms with Crippen molar-refractivity contribution < 1.29 is 9.53 Å². The van der Waals surface area contributed by atoms with Crippen molar-refractivity contribution in [3.8, 4) is 0 Å². The molecule has 1 rings (SSSR count). The number of carbonyl (C=O) groups is 1. The average molecular weight is 227 g/mol. The molecule has 1 fully saturated rings. The zero-order chi connectivity index (χ0) is 12.2. The fourth-order valence-corrected chi connectivity index (χ4v) is 2.11. The minimum absolute atomic E-state index is 0.271. The summed E-state index contributed by atoms with van der Waals surface area (Å²) in [5.41, 5.74) is -0.401. The second-order valence-corrected chi connectivity index (χ2v) is 5.96. The zero-order valence-electron chi connectivity index (χ0n) is 11.0. The Balaban J connectivity index is 2.33. The molecule has 1 N–H and O–H groups in total. The molecule has 0 heterocycles. The van der Waals surface area contributed by atoms with Crippen LogP contribution in [0, 0.1) is 5.92 Å². The molecule has 0 saturated heterocycles. The molecular formula is C13H25NO2. The third-order valence-corrected chi connectivity index (χ3v) is 2.98. The van der Waals surface area contributed by atoms with Gasteiger partial charge < -0.3 is 10.1 Å². The highest BCUT2D eigenvalue weighted by Crippen LogP contribution is 2.22. The molecular weight excluding hydrogens is 202 g/mol. The first-order chi connectivity index (χ1) is 7.37. The van der Waals surface area contributed by atoms with Crippen LogP contribution in [-0.2, 0) is 4.74 Å². The summed E-state index contributed by atoms with van der Waals surface area (Å²) in [4.78, 5) is 11.6. The van der Waals surface area contributed by atoms with Gasteiger partial charge in [0.05, 0.1) is 0 Å². The summed E-state index contributed by atoms with van der Waals surface area (Å²) in [6, 6.07) is 0.305. The molecule has 3 nitrogen and oxygen atoms in total. The number of carbonyl (C=O) groups excluding carboxylic acids is 1. The van der Waals surface area contributed by atoms with E-state index in [4.69, 9.17) is 4.74 Å². The van der Waals surface area contributed by atoms with Gasteiger partial charge in [-0.25, -0.2) is 4.79 Å². The van der Waals surface area contributed by atoms with Gasteiger partial charge in [0.25, 0.3) is 0 Å². The molecule has 2 atom stereocenters. The Labute approximate surface area is 98.9 Å². The Hall–Kier alpha value is -0.730. The van der Waals surface area contributed by atoms with Crippen LogP contribution in [0.1, 0.15) is 59.8 Å². The van der Waals surface area contributed by atoms with Gasteiger partial charge in [0.2, 0.25) is 0 Å². The summed E-state index contributed by atoms with van der Waals surface area (Å²) in [6.07, 6.45) is 5.60. The Bertz CT molecular complexity index is 233. The highest BCUT2D eigenvalue weighted by atomic mass is 16.6. The molecule has 0 aromatic heterocycles. The van der Waals surface area contributed by atoms with Crippen molar-refractivity contribution in [3.05, 3.63) is 0 Å². The number of nitrogens with one attached hydrogen (secondary N) is 1. The molecule has 1 saturated carbocycles. The van der Waals surface area contributed by atoms with Gasteiger partial charge >= 0.3 is 6.09 Å². The average Bonchev–Trinajstić information content (AvgIpc) is 2.27. The van der Waals surface area contributed by atoms with E-state index >= 15 is 0 Å². The van der Waals surface area contributed by atoms with Gasteiger partial charge in [0.1, 0.15) is 5.60 Å². The molecule has 1 amide bonds. The van der Waals surface area contributed by atoms with Crippen molar-refractivity contribution in [2.24, 2.45) is 5.92 Å². The number of amides is 1. The van der Waals surface area contributed by atoms with Gasteiger partial charge in [-0.2, -0.15) is 0 Å². The normalized spacial score (nSPS) is 27.0. The second kappa shape index (κ2) is 5.55. The van der Waals surface area contributed by atoms with Crippen molar-refractivity contribution in [1.29, 1.82) is 0 Å². The molecule has 94 valence electrons. The number of hydrogen-bond acceptors (Lipinski definition) is 2.